The van der Waals surface area contributed by atoms with Crippen molar-refractivity contribution in [3.05, 3.63) is 23.8 Å². The Hall–Kier alpha value is -1.54. The number of methoxy groups -OCH3 is 2. The van der Waals surface area contributed by atoms with Gasteiger partial charge in [0.25, 0.3) is 0 Å². The average Bonchev–Trinajstić information content (AvgIpc) is 3.35. The summed E-state index contributed by atoms with van der Waals surface area (Å²) in [6.07, 6.45) is 8.17. The zero-order valence-corrected chi connectivity index (χ0v) is 20.8. The summed E-state index contributed by atoms with van der Waals surface area (Å²) in [5.41, 5.74) is 1.01. The van der Waals surface area contributed by atoms with Crippen LogP contribution in [0.4, 0.5) is 0 Å². The van der Waals surface area contributed by atoms with Crippen molar-refractivity contribution < 1.29 is 23.8 Å². The van der Waals surface area contributed by atoms with Crippen LogP contribution in [0.5, 0.6) is 11.5 Å². The lowest BCUT2D eigenvalue weighted by atomic mass is 10.0. The minimum absolute atomic E-state index is 0.0972. The van der Waals surface area contributed by atoms with Gasteiger partial charge in [-0.2, -0.15) is 0 Å². The van der Waals surface area contributed by atoms with E-state index in [-0.39, 0.29) is 18.5 Å². The van der Waals surface area contributed by atoms with Crippen LogP contribution < -0.4 is 9.47 Å². The average molecular weight is 482 g/mol. The number of nitrogens with zero attached hydrogens (tertiary/aromatic N) is 1. The molecule has 0 radical (unpaired) electrons. The number of rotatable bonds is 11. The minimum atomic E-state index is -0.441. The lowest BCUT2D eigenvalue weighted by Gasteiger charge is -2.34. The number of amides is 1. The summed E-state index contributed by atoms with van der Waals surface area (Å²) in [5, 5.41) is 0.749. The molecule has 0 spiro atoms. The Morgan fingerprint density at radius 3 is 2.69 bits per heavy atom. The second-order valence-electron chi connectivity index (χ2n) is 8.28. The van der Waals surface area contributed by atoms with Gasteiger partial charge in [0.1, 0.15) is 6.04 Å². The van der Waals surface area contributed by atoms with Gasteiger partial charge in [0, 0.05) is 30.4 Å². The summed E-state index contributed by atoms with van der Waals surface area (Å²) < 4.78 is 16.2. The first kappa shape index (κ1) is 25.1. The molecule has 2 aliphatic rings. The van der Waals surface area contributed by atoms with Crippen molar-refractivity contribution in [3.8, 4) is 11.5 Å². The number of ether oxygens (including phenoxy) is 3. The smallest absolute Gasteiger partial charge is 0.328 e. The molecule has 3 rings (SSSR count). The third kappa shape index (κ3) is 7.24. The van der Waals surface area contributed by atoms with Crippen molar-refractivity contribution in [2.75, 3.05) is 33.1 Å². The number of hydrogen-bond donors (Lipinski definition) is 0. The van der Waals surface area contributed by atoms with Crippen LogP contribution in [0.2, 0.25) is 0 Å². The SMILES string of the molecule is COc1ccc(CCOC(=O)C2CCCCN2C(=O)CCCCC2CCSS2)cc1OC. The molecule has 0 aromatic heterocycles. The van der Waals surface area contributed by atoms with Gasteiger partial charge >= 0.3 is 5.97 Å². The van der Waals surface area contributed by atoms with E-state index in [1.54, 1.807) is 19.1 Å². The maximum absolute atomic E-state index is 12.8. The van der Waals surface area contributed by atoms with E-state index in [0.717, 1.165) is 36.5 Å². The van der Waals surface area contributed by atoms with E-state index in [0.29, 0.717) is 37.3 Å². The fraction of sp³-hybridized carbons (Fsp3) is 0.667. The summed E-state index contributed by atoms with van der Waals surface area (Å²) in [6.45, 7) is 0.938. The standard InChI is InChI=1S/C24H35NO5S2/c1-28-21-11-10-18(17-22(21)29-2)12-15-30-24(27)20-8-5-6-14-25(20)23(26)9-4-3-7-19-13-16-31-32-19/h10-11,17,19-20H,3-9,12-16H2,1-2H3. The molecule has 1 aromatic rings. The fourth-order valence-corrected chi connectivity index (χ4v) is 7.26. The third-order valence-electron chi connectivity index (χ3n) is 6.07. The Balaban J connectivity index is 1.43. The third-order valence-corrected chi connectivity index (χ3v) is 9.08. The number of carbonyl (C=O) groups is 2. The number of piperidine rings is 1. The van der Waals surface area contributed by atoms with Gasteiger partial charge < -0.3 is 19.1 Å². The summed E-state index contributed by atoms with van der Waals surface area (Å²) in [6, 6.07) is 5.24. The van der Waals surface area contributed by atoms with Crippen LogP contribution in [-0.2, 0) is 20.7 Å². The number of hydrogen-bond acceptors (Lipinski definition) is 7. The molecule has 6 nitrogen and oxygen atoms in total. The fourth-order valence-electron chi connectivity index (χ4n) is 4.23. The first-order valence-electron chi connectivity index (χ1n) is 11.6. The van der Waals surface area contributed by atoms with Gasteiger partial charge in [0.2, 0.25) is 5.91 Å². The normalized spacial score (nSPS) is 20.8. The van der Waals surface area contributed by atoms with Crippen LogP contribution in [0.3, 0.4) is 0 Å². The highest BCUT2D eigenvalue weighted by Gasteiger charge is 2.32. The van der Waals surface area contributed by atoms with Gasteiger partial charge in [-0.25, -0.2) is 4.79 Å². The summed E-state index contributed by atoms with van der Waals surface area (Å²) in [7, 11) is 7.15. The monoisotopic (exact) mass is 481 g/mol. The van der Waals surface area contributed by atoms with E-state index in [4.69, 9.17) is 14.2 Å². The van der Waals surface area contributed by atoms with E-state index in [9.17, 15) is 9.59 Å². The van der Waals surface area contributed by atoms with Crippen LogP contribution in [-0.4, -0.2) is 61.2 Å². The van der Waals surface area contributed by atoms with Crippen molar-refractivity contribution >= 4 is 33.5 Å². The van der Waals surface area contributed by atoms with E-state index >= 15 is 0 Å². The highest BCUT2D eigenvalue weighted by molar-refractivity contribution is 8.77. The minimum Gasteiger partial charge on any atom is -0.493 e. The Kier molecular flexibility index (Phi) is 10.4. The zero-order valence-electron chi connectivity index (χ0n) is 19.2. The summed E-state index contributed by atoms with van der Waals surface area (Å²) >= 11 is 0. The predicted octanol–water partition coefficient (Wildman–Crippen LogP) is 4.88. The molecule has 2 atom stereocenters. The molecule has 2 aliphatic heterocycles. The second kappa shape index (κ2) is 13.2. The molecular weight excluding hydrogens is 446 g/mol. The van der Waals surface area contributed by atoms with Crippen LogP contribution in [0, 0.1) is 0 Å². The largest absolute Gasteiger partial charge is 0.493 e. The molecule has 32 heavy (non-hydrogen) atoms. The van der Waals surface area contributed by atoms with Crippen LogP contribution in [0.1, 0.15) is 56.9 Å². The van der Waals surface area contributed by atoms with Gasteiger partial charge in [-0.15, -0.1) is 0 Å². The van der Waals surface area contributed by atoms with E-state index in [1.807, 2.05) is 39.8 Å². The highest BCUT2D eigenvalue weighted by atomic mass is 33.1. The van der Waals surface area contributed by atoms with Crippen molar-refractivity contribution in [3.63, 3.8) is 0 Å². The van der Waals surface area contributed by atoms with Crippen molar-refractivity contribution in [2.45, 2.75) is 69.1 Å². The van der Waals surface area contributed by atoms with E-state index in [1.165, 1.54) is 18.6 Å². The van der Waals surface area contributed by atoms with Crippen molar-refractivity contribution in [2.24, 2.45) is 0 Å². The molecule has 2 heterocycles. The Bertz CT molecular complexity index is 754. The Morgan fingerprint density at radius 1 is 1.09 bits per heavy atom. The molecule has 2 unspecified atom stereocenters. The van der Waals surface area contributed by atoms with Gasteiger partial charge in [-0.05, 0) is 56.2 Å². The highest BCUT2D eigenvalue weighted by Crippen LogP contribution is 2.40. The number of carbonyl (C=O) groups excluding carboxylic acids is 2. The number of likely N-dealkylation sites (tertiary alicyclic amines) is 1. The van der Waals surface area contributed by atoms with Crippen LogP contribution >= 0.6 is 21.6 Å². The lowest BCUT2D eigenvalue weighted by molar-refractivity contribution is -0.157. The molecule has 0 saturated carbocycles. The molecule has 0 bridgehead atoms. The summed E-state index contributed by atoms with van der Waals surface area (Å²) in [4.78, 5) is 27.3. The first-order valence-corrected chi connectivity index (χ1v) is 14.0. The van der Waals surface area contributed by atoms with Crippen LogP contribution in [0.15, 0.2) is 18.2 Å². The van der Waals surface area contributed by atoms with E-state index in [2.05, 4.69) is 0 Å². The number of esters is 1. The van der Waals surface area contributed by atoms with Gasteiger partial charge in [-0.3, -0.25) is 4.79 Å². The topological polar surface area (TPSA) is 65.1 Å². The van der Waals surface area contributed by atoms with Crippen molar-refractivity contribution in [1.29, 1.82) is 0 Å². The van der Waals surface area contributed by atoms with Crippen LogP contribution in [0.25, 0.3) is 0 Å². The van der Waals surface area contributed by atoms with Gasteiger partial charge in [-0.1, -0.05) is 34.1 Å². The lowest BCUT2D eigenvalue weighted by Crippen LogP contribution is -2.48. The molecule has 2 fully saturated rings. The van der Waals surface area contributed by atoms with Gasteiger partial charge in [0.15, 0.2) is 11.5 Å². The zero-order chi connectivity index (χ0) is 22.8. The second-order valence-corrected chi connectivity index (χ2v) is 11.1. The molecule has 1 aromatic carbocycles. The number of benzene rings is 1. The molecule has 1 amide bonds. The molecule has 8 heteroatoms. The quantitative estimate of drug-likeness (QED) is 0.253. The predicted molar refractivity (Wildman–Crippen MR) is 130 cm³/mol. The Labute approximate surface area is 199 Å². The number of unbranched alkanes of at least 4 members (excludes halogenated alkanes) is 1. The maximum Gasteiger partial charge on any atom is 0.328 e. The first-order chi connectivity index (χ1) is 15.6. The molecular formula is C24H35NO5S2. The Morgan fingerprint density at radius 2 is 1.94 bits per heavy atom. The molecule has 0 aliphatic carbocycles. The van der Waals surface area contributed by atoms with Crippen molar-refractivity contribution in [1.82, 2.24) is 4.90 Å². The maximum atomic E-state index is 12.8. The molecule has 2 saturated heterocycles. The van der Waals surface area contributed by atoms with E-state index < -0.39 is 6.04 Å². The van der Waals surface area contributed by atoms with Gasteiger partial charge in [0.05, 0.1) is 20.8 Å². The summed E-state index contributed by atoms with van der Waals surface area (Å²) in [5.74, 6) is 2.40. The molecule has 178 valence electrons. The molecule has 0 N–H and O–H groups in total.